The Kier molecular flexibility index (Phi) is 5.53. The van der Waals surface area contributed by atoms with E-state index in [1.807, 2.05) is 17.5 Å². The fourth-order valence-corrected chi connectivity index (χ4v) is 3.89. The van der Waals surface area contributed by atoms with E-state index in [-0.39, 0.29) is 15.9 Å². The number of ether oxygens (including phenoxy) is 1. The van der Waals surface area contributed by atoms with E-state index in [9.17, 15) is 14.9 Å². The highest BCUT2D eigenvalue weighted by atomic mass is 32.1. The van der Waals surface area contributed by atoms with Crippen LogP contribution in [0.2, 0.25) is 0 Å². The fraction of sp³-hybridized carbons (Fsp3) is 0.389. The van der Waals surface area contributed by atoms with Crippen molar-refractivity contribution in [2.24, 2.45) is 0 Å². The molecule has 1 aliphatic heterocycles. The van der Waals surface area contributed by atoms with E-state index in [1.165, 1.54) is 18.4 Å². The number of nitro groups is 1. The summed E-state index contributed by atoms with van der Waals surface area (Å²) in [5.74, 6) is -0.334. The first-order chi connectivity index (χ1) is 12.5. The molecule has 7 nitrogen and oxygen atoms in total. The third kappa shape index (κ3) is 4.03. The van der Waals surface area contributed by atoms with Gasteiger partial charge in [0.05, 0.1) is 17.6 Å². The smallest absolute Gasteiger partial charge is 0.337 e. The molecule has 0 bridgehead atoms. The first kappa shape index (κ1) is 18.3. The van der Waals surface area contributed by atoms with Gasteiger partial charge in [-0.2, -0.15) is 0 Å². The predicted molar refractivity (Wildman–Crippen MR) is 101 cm³/mol. The third-order valence-corrected chi connectivity index (χ3v) is 5.55. The van der Waals surface area contributed by atoms with Gasteiger partial charge in [-0.25, -0.2) is 4.79 Å². The van der Waals surface area contributed by atoms with Crippen molar-refractivity contribution in [1.82, 2.24) is 4.90 Å². The number of benzene rings is 1. The summed E-state index contributed by atoms with van der Waals surface area (Å²) in [7, 11) is 1.37. The molecule has 3 rings (SSSR count). The molecule has 1 unspecified atom stereocenters. The lowest BCUT2D eigenvalue weighted by molar-refractivity contribution is -0.380. The molecule has 0 aliphatic carbocycles. The molecule has 138 valence electrons. The molecule has 1 fully saturated rings. The van der Waals surface area contributed by atoms with Crippen LogP contribution in [0.15, 0.2) is 35.7 Å². The number of carbonyl (C=O) groups excluding carboxylic acids is 1. The highest BCUT2D eigenvalue weighted by Gasteiger charge is 2.25. The third-order valence-electron chi connectivity index (χ3n) is 4.62. The lowest BCUT2D eigenvalue weighted by atomic mass is 10.1. The van der Waals surface area contributed by atoms with E-state index in [1.54, 1.807) is 18.2 Å². The quantitative estimate of drug-likeness (QED) is 0.454. The molecule has 0 N–H and O–H groups in total. The van der Waals surface area contributed by atoms with Gasteiger partial charge in [0.2, 0.25) is 0 Å². The van der Waals surface area contributed by atoms with Gasteiger partial charge >= 0.3 is 11.0 Å². The SMILES string of the molecule is COC(=O)c1ccc(N2CCN(Cc3csc([N+](=O)[O-])c3)C(C)C2)cc1. The average molecular weight is 375 g/mol. The number of methoxy groups -OCH3 is 1. The molecule has 0 amide bonds. The minimum absolute atomic E-state index is 0.192. The summed E-state index contributed by atoms with van der Waals surface area (Å²) in [5.41, 5.74) is 2.61. The van der Waals surface area contributed by atoms with Crippen molar-refractivity contribution < 1.29 is 14.5 Å². The summed E-state index contributed by atoms with van der Waals surface area (Å²) < 4.78 is 4.73. The zero-order valence-corrected chi connectivity index (χ0v) is 15.6. The summed E-state index contributed by atoms with van der Waals surface area (Å²) >= 11 is 1.18. The van der Waals surface area contributed by atoms with E-state index in [2.05, 4.69) is 16.7 Å². The molecule has 26 heavy (non-hydrogen) atoms. The lowest BCUT2D eigenvalue weighted by Crippen LogP contribution is -2.51. The van der Waals surface area contributed by atoms with Crippen LogP contribution in [0.25, 0.3) is 0 Å². The number of thiophene rings is 1. The van der Waals surface area contributed by atoms with Gasteiger partial charge in [0.1, 0.15) is 0 Å². The maximum Gasteiger partial charge on any atom is 0.337 e. The van der Waals surface area contributed by atoms with Crippen molar-refractivity contribution in [1.29, 1.82) is 0 Å². The van der Waals surface area contributed by atoms with Crippen LogP contribution in [0.1, 0.15) is 22.8 Å². The minimum atomic E-state index is -0.340. The van der Waals surface area contributed by atoms with Gasteiger partial charge in [0.15, 0.2) is 0 Å². The van der Waals surface area contributed by atoms with Gasteiger partial charge < -0.3 is 9.64 Å². The molecular formula is C18H21N3O4S. The lowest BCUT2D eigenvalue weighted by Gasteiger charge is -2.41. The predicted octanol–water partition coefficient (Wildman–Crippen LogP) is 3.15. The highest BCUT2D eigenvalue weighted by molar-refractivity contribution is 7.13. The maximum atomic E-state index is 11.5. The topological polar surface area (TPSA) is 75.9 Å². The second kappa shape index (κ2) is 7.84. The monoisotopic (exact) mass is 375 g/mol. The van der Waals surface area contributed by atoms with Crippen LogP contribution < -0.4 is 4.90 Å². The second-order valence-corrected chi connectivity index (χ2v) is 7.24. The molecule has 1 aliphatic rings. The molecule has 2 heterocycles. The minimum Gasteiger partial charge on any atom is -0.465 e. The van der Waals surface area contributed by atoms with Crippen molar-refractivity contribution in [3.63, 3.8) is 0 Å². The van der Waals surface area contributed by atoms with Crippen LogP contribution in [-0.4, -0.2) is 48.6 Å². The number of anilines is 1. The van der Waals surface area contributed by atoms with E-state index in [0.717, 1.165) is 37.4 Å². The van der Waals surface area contributed by atoms with Crippen LogP contribution >= 0.6 is 11.3 Å². The molecule has 0 saturated carbocycles. The van der Waals surface area contributed by atoms with E-state index >= 15 is 0 Å². The Morgan fingerprint density at radius 2 is 2.08 bits per heavy atom. The molecule has 2 aromatic rings. The van der Waals surface area contributed by atoms with E-state index in [4.69, 9.17) is 4.74 Å². The van der Waals surface area contributed by atoms with Gasteiger partial charge in [-0.05, 0) is 36.8 Å². The Balaban J connectivity index is 1.60. The van der Waals surface area contributed by atoms with Crippen LogP contribution in [-0.2, 0) is 11.3 Å². The first-order valence-electron chi connectivity index (χ1n) is 8.37. The normalized spacial score (nSPS) is 17.9. The van der Waals surface area contributed by atoms with Gasteiger partial charge in [-0.1, -0.05) is 11.3 Å². The van der Waals surface area contributed by atoms with Crippen LogP contribution in [0, 0.1) is 10.1 Å². The summed E-state index contributed by atoms with van der Waals surface area (Å²) in [6, 6.07) is 9.43. The highest BCUT2D eigenvalue weighted by Crippen LogP contribution is 2.26. The number of rotatable bonds is 5. The molecule has 1 aromatic heterocycles. The van der Waals surface area contributed by atoms with Crippen LogP contribution in [0.5, 0.6) is 0 Å². The molecule has 1 saturated heterocycles. The Hall–Kier alpha value is -2.45. The molecule has 0 radical (unpaired) electrons. The van der Waals surface area contributed by atoms with Gasteiger partial charge in [-0.15, -0.1) is 0 Å². The van der Waals surface area contributed by atoms with Crippen molar-refractivity contribution in [3.8, 4) is 0 Å². The molecule has 1 aromatic carbocycles. The number of esters is 1. The second-order valence-electron chi connectivity index (χ2n) is 6.35. The fourth-order valence-electron chi connectivity index (χ4n) is 3.17. The summed E-state index contributed by atoms with van der Waals surface area (Å²) in [4.78, 5) is 26.6. The zero-order chi connectivity index (χ0) is 18.7. The first-order valence-corrected chi connectivity index (χ1v) is 9.25. The largest absolute Gasteiger partial charge is 0.465 e. The summed E-state index contributed by atoms with van der Waals surface area (Å²) in [6.45, 7) is 5.50. The summed E-state index contributed by atoms with van der Waals surface area (Å²) in [5, 5.41) is 12.9. The van der Waals surface area contributed by atoms with Crippen molar-refractivity contribution in [2.45, 2.75) is 19.5 Å². The number of carbonyl (C=O) groups is 1. The molecule has 1 atom stereocenters. The Labute approximate surface area is 155 Å². The summed E-state index contributed by atoms with van der Waals surface area (Å²) in [6.07, 6.45) is 0. The number of piperazine rings is 1. The van der Waals surface area contributed by atoms with E-state index < -0.39 is 0 Å². The van der Waals surface area contributed by atoms with Crippen molar-refractivity contribution in [3.05, 3.63) is 57.0 Å². The molecular weight excluding hydrogens is 354 g/mol. The molecule has 0 spiro atoms. The zero-order valence-electron chi connectivity index (χ0n) is 14.8. The van der Waals surface area contributed by atoms with E-state index in [0.29, 0.717) is 11.6 Å². The van der Waals surface area contributed by atoms with Gasteiger partial charge in [-0.3, -0.25) is 15.0 Å². The van der Waals surface area contributed by atoms with Gasteiger partial charge in [0, 0.05) is 49.4 Å². The standard InChI is InChI=1S/C18H21N3O4S/c1-13-10-20(16-5-3-15(4-6-16)18(22)25-2)8-7-19(13)11-14-9-17(21(23)24)26-12-14/h3-6,9,12-13H,7-8,10-11H2,1-2H3. The average Bonchev–Trinajstić information content (AvgIpc) is 3.12. The van der Waals surface area contributed by atoms with Crippen molar-refractivity contribution >= 4 is 28.0 Å². The number of hydrogen-bond acceptors (Lipinski definition) is 7. The number of hydrogen-bond donors (Lipinski definition) is 0. The number of nitrogens with zero attached hydrogens (tertiary/aromatic N) is 3. The molecule has 8 heteroatoms. The van der Waals surface area contributed by atoms with Gasteiger partial charge in [0.25, 0.3) is 0 Å². The van der Waals surface area contributed by atoms with Crippen molar-refractivity contribution in [2.75, 3.05) is 31.6 Å². The Bertz CT molecular complexity index is 790. The Morgan fingerprint density at radius 1 is 1.35 bits per heavy atom. The Morgan fingerprint density at radius 3 is 2.65 bits per heavy atom. The maximum absolute atomic E-state index is 11.5. The van der Waals surface area contributed by atoms with Crippen LogP contribution in [0.4, 0.5) is 10.7 Å². The van der Waals surface area contributed by atoms with Crippen LogP contribution in [0.3, 0.4) is 0 Å².